The number of nitro groups is 1. The Labute approximate surface area is 155 Å². The van der Waals surface area contributed by atoms with Crippen LogP contribution in [0, 0.1) is 26.9 Å². The Balaban J connectivity index is 2.56. The van der Waals surface area contributed by atoms with Crippen LogP contribution in [-0.4, -0.2) is 11.2 Å². The summed E-state index contributed by atoms with van der Waals surface area (Å²) in [7, 11) is 0. The van der Waals surface area contributed by atoms with Gasteiger partial charge in [0.25, 0.3) is 5.69 Å². The molecule has 2 rings (SSSR count). The molecule has 0 atom stereocenters. The molecule has 0 saturated heterocycles. The zero-order chi connectivity index (χ0) is 19.7. The highest BCUT2D eigenvalue weighted by Gasteiger charge is 2.35. The van der Waals surface area contributed by atoms with Crippen molar-refractivity contribution in [3.63, 3.8) is 0 Å². The predicted octanol–water partition coefficient (Wildman–Crippen LogP) is 5.75. The van der Waals surface area contributed by atoms with Crippen molar-refractivity contribution in [2.24, 2.45) is 16.7 Å². The third-order valence-electron chi connectivity index (χ3n) is 4.62. The van der Waals surface area contributed by atoms with Crippen LogP contribution in [0.5, 0.6) is 0 Å². The number of hydrogen-bond donors (Lipinski definition) is 0. The van der Waals surface area contributed by atoms with Gasteiger partial charge in [-0.3, -0.25) is 10.1 Å². The lowest BCUT2D eigenvalue weighted by Gasteiger charge is -2.37. The second kappa shape index (κ2) is 7.02. The molecule has 4 heteroatoms. The second-order valence-corrected chi connectivity index (χ2v) is 8.81. The van der Waals surface area contributed by atoms with E-state index < -0.39 is 4.92 Å². The fourth-order valence-electron chi connectivity index (χ4n) is 3.23. The standard InChI is InChI=1S/C22H27NO3/c1-21(2,3)19-12-16(13-20(18(19)14-24)22(4,5)6)11-15-7-9-17(10-8-15)23(25)26/h7-14,18H,1-6H3. The van der Waals surface area contributed by atoms with Crippen LogP contribution in [0.2, 0.25) is 0 Å². The molecule has 1 aromatic carbocycles. The van der Waals surface area contributed by atoms with E-state index in [1.165, 1.54) is 12.1 Å². The van der Waals surface area contributed by atoms with Crippen molar-refractivity contribution in [1.29, 1.82) is 0 Å². The lowest BCUT2D eigenvalue weighted by molar-refractivity contribution is -0.384. The Morgan fingerprint density at radius 2 is 1.38 bits per heavy atom. The largest absolute Gasteiger partial charge is 0.302 e. The minimum Gasteiger partial charge on any atom is -0.302 e. The molecule has 0 amide bonds. The number of allylic oxidation sites excluding steroid dienone is 5. The SMILES string of the molecule is CC(C)(C)C1=CC(=Cc2ccc([N+](=O)[O-])cc2)C=C(C(C)(C)C)C1C=O. The number of carbonyl (C=O) groups excluding carboxylic acids is 1. The smallest absolute Gasteiger partial charge is 0.269 e. The summed E-state index contributed by atoms with van der Waals surface area (Å²) in [6.07, 6.45) is 7.20. The van der Waals surface area contributed by atoms with Crippen molar-refractivity contribution in [2.45, 2.75) is 41.5 Å². The Morgan fingerprint density at radius 3 is 1.73 bits per heavy atom. The van der Waals surface area contributed by atoms with Crippen LogP contribution in [0.3, 0.4) is 0 Å². The molecule has 0 fully saturated rings. The third-order valence-corrected chi connectivity index (χ3v) is 4.62. The summed E-state index contributed by atoms with van der Waals surface area (Å²) in [5.74, 6) is -0.219. The van der Waals surface area contributed by atoms with Crippen LogP contribution in [-0.2, 0) is 4.79 Å². The van der Waals surface area contributed by atoms with E-state index in [4.69, 9.17) is 0 Å². The molecule has 0 aliphatic heterocycles. The van der Waals surface area contributed by atoms with E-state index in [1.807, 2.05) is 6.08 Å². The van der Waals surface area contributed by atoms with Gasteiger partial charge in [-0.1, -0.05) is 53.7 Å². The number of carbonyl (C=O) groups is 1. The normalized spacial score (nSPS) is 18.1. The maximum absolute atomic E-state index is 11.9. The van der Waals surface area contributed by atoms with Gasteiger partial charge in [-0.2, -0.15) is 0 Å². The van der Waals surface area contributed by atoms with Gasteiger partial charge in [-0.25, -0.2) is 0 Å². The lowest BCUT2D eigenvalue weighted by Crippen LogP contribution is -2.28. The van der Waals surface area contributed by atoms with Crippen LogP contribution in [0.15, 0.2) is 53.1 Å². The van der Waals surface area contributed by atoms with Gasteiger partial charge in [0.15, 0.2) is 0 Å². The van der Waals surface area contributed by atoms with E-state index in [2.05, 4.69) is 53.7 Å². The summed E-state index contributed by atoms with van der Waals surface area (Å²) in [6, 6.07) is 6.50. The fraction of sp³-hybridized carbons (Fsp3) is 0.409. The first-order valence-electron chi connectivity index (χ1n) is 8.79. The van der Waals surface area contributed by atoms with Crippen LogP contribution in [0.1, 0.15) is 47.1 Å². The summed E-state index contributed by atoms with van der Waals surface area (Å²) >= 11 is 0. The number of non-ortho nitro benzene ring substituents is 1. The number of benzene rings is 1. The molecule has 0 saturated carbocycles. The van der Waals surface area contributed by atoms with Crippen molar-refractivity contribution in [2.75, 3.05) is 0 Å². The molecular weight excluding hydrogens is 326 g/mol. The summed E-state index contributed by atoms with van der Waals surface area (Å²) in [5, 5.41) is 10.8. The highest BCUT2D eigenvalue weighted by Crippen LogP contribution is 2.44. The van der Waals surface area contributed by atoms with Crippen molar-refractivity contribution in [3.8, 4) is 0 Å². The second-order valence-electron chi connectivity index (χ2n) is 8.81. The monoisotopic (exact) mass is 353 g/mol. The average molecular weight is 353 g/mol. The van der Waals surface area contributed by atoms with Gasteiger partial charge >= 0.3 is 0 Å². The minimum atomic E-state index is -0.401. The molecule has 138 valence electrons. The molecule has 0 bridgehead atoms. The van der Waals surface area contributed by atoms with Gasteiger partial charge < -0.3 is 4.79 Å². The van der Waals surface area contributed by atoms with Crippen LogP contribution >= 0.6 is 0 Å². The minimum absolute atomic E-state index is 0.0775. The maximum atomic E-state index is 11.9. The topological polar surface area (TPSA) is 60.2 Å². The van der Waals surface area contributed by atoms with Gasteiger partial charge in [-0.05, 0) is 51.3 Å². The number of aldehydes is 1. The summed E-state index contributed by atoms with van der Waals surface area (Å²) in [5.41, 5.74) is 3.89. The van der Waals surface area contributed by atoms with Crippen molar-refractivity contribution >= 4 is 18.0 Å². The van der Waals surface area contributed by atoms with E-state index in [0.29, 0.717) is 0 Å². The first kappa shape index (κ1) is 19.8. The highest BCUT2D eigenvalue weighted by molar-refractivity contribution is 5.72. The van der Waals surface area contributed by atoms with Crippen molar-refractivity contribution in [1.82, 2.24) is 0 Å². The van der Waals surface area contributed by atoms with Crippen LogP contribution in [0.4, 0.5) is 5.69 Å². The summed E-state index contributed by atoms with van der Waals surface area (Å²) in [6.45, 7) is 12.7. The van der Waals surface area contributed by atoms with Crippen LogP contribution in [0.25, 0.3) is 6.08 Å². The number of hydrogen-bond acceptors (Lipinski definition) is 3. The molecule has 1 aliphatic carbocycles. The summed E-state index contributed by atoms with van der Waals surface area (Å²) in [4.78, 5) is 22.3. The number of nitro benzene ring substituents is 1. The van der Waals surface area contributed by atoms with Crippen molar-refractivity contribution in [3.05, 3.63) is 68.8 Å². The zero-order valence-corrected chi connectivity index (χ0v) is 16.4. The van der Waals surface area contributed by atoms with E-state index >= 15 is 0 Å². The average Bonchev–Trinajstić information content (AvgIpc) is 2.53. The molecule has 0 heterocycles. The van der Waals surface area contributed by atoms with Crippen LogP contribution < -0.4 is 0 Å². The van der Waals surface area contributed by atoms with Gasteiger partial charge in [0, 0.05) is 12.1 Å². The highest BCUT2D eigenvalue weighted by atomic mass is 16.6. The number of rotatable bonds is 3. The first-order chi connectivity index (χ1) is 11.9. The third kappa shape index (κ3) is 4.37. The molecule has 0 N–H and O–H groups in total. The number of nitrogens with zero attached hydrogens (tertiary/aromatic N) is 1. The zero-order valence-electron chi connectivity index (χ0n) is 16.4. The fourth-order valence-corrected chi connectivity index (χ4v) is 3.23. The Bertz CT molecular complexity index is 763. The first-order valence-corrected chi connectivity index (χ1v) is 8.79. The molecule has 0 unspecified atom stereocenters. The van der Waals surface area contributed by atoms with E-state index in [9.17, 15) is 14.9 Å². The molecule has 4 nitrogen and oxygen atoms in total. The van der Waals surface area contributed by atoms with Gasteiger partial charge in [-0.15, -0.1) is 0 Å². The van der Waals surface area contributed by atoms with Crippen molar-refractivity contribution < 1.29 is 9.72 Å². The van der Waals surface area contributed by atoms with Gasteiger partial charge in [0.05, 0.1) is 10.8 Å². The molecule has 1 aromatic rings. The van der Waals surface area contributed by atoms with Gasteiger partial charge in [0.2, 0.25) is 0 Å². The predicted molar refractivity (Wildman–Crippen MR) is 106 cm³/mol. The Morgan fingerprint density at radius 1 is 0.923 bits per heavy atom. The van der Waals surface area contributed by atoms with Gasteiger partial charge in [0.1, 0.15) is 6.29 Å². The molecule has 1 aliphatic rings. The Kier molecular flexibility index (Phi) is 5.36. The molecule has 0 radical (unpaired) electrons. The van der Waals surface area contributed by atoms with E-state index in [0.717, 1.165) is 28.6 Å². The maximum Gasteiger partial charge on any atom is 0.269 e. The Hall–Kier alpha value is -2.49. The van der Waals surface area contributed by atoms with E-state index in [-0.39, 0.29) is 22.4 Å². The molecular formula is C22H27NO3. The molecule has 0 aromatic heterocycles. The summed E-state index contributed by atoms with van der Waals surface area (Å²) < 4.78 is 0. The molecule has 26 heavy (non-hydrogen) atoms. The van der Waals surface area contributed by atoms with E-state index in [1.54, 1.807) is 12.1 Å². The quantitative estimate of drug-likeness (QED) is 0.395. The lowest BCUT2D eigenvalue weighted by atomic mass is 9.67. The molecule has 0 spiro atoms.